The van der Waals surface area contributed by atoms with Crippen molar-refractivity contribution in [3.63, 3.8) is 0 Å². The summed E-state index contributed by atoms with van der Waals surface area (Å²) >= 11 is 0. The first-order valence-corrected chi connectivity index (χ1v) is 4.39. The highest BCUT2D eigenvalue weighted by atomic mass is 16.5. The van der Waals surface area contributed by atoms with Crippen LogP contribution in [0.15, 0.2) is 36.4 Å². The quantitative estimate of drug-likeness (QED) is 0.327. The van der Waals surface area contributed by atoms with Crippen LogP contribution in [-0.2, 0) is 9.53 Å². The normalized spacial score (nSPS) is 11.1. The van der Waals surface area contributed by atoms with Gasteiger partial charge in [-0.2, -0.15) is 5.26 Å². The van der Waals surface area contributed by atoms with Gasteiger partial charge in [0, 0.05) is 18.0 Å². The van der Waals surface area contributed by atoms with Crippen molar-refractivity contribution in [1.29, 1.82) is 5.26 Å². The Kier molecular flexibility index (Phi) is 4.41. The molecule has 1 aromatic heterocycles. The molecule has 80 valence electrons. The number of esters is 1. The van der Waals surface area contributed by atoms with Crippen LogP contribution in [0.5, 0.6) is 0 Å². The van der Waals surface area contributed by atoms with E-state index in [1.807, 2.05) is 0 Å². The molecular weight excluding hydrogens is 206 g/mol. The minimum atomic E-state index is -0.656. The summed E-state index contributed by atoms with van der Waals surface area (Å²) in [6, 6.07) is 1.74. The van der Waals surface area contributed by atoms with E-state index in [0.717, 1.165) is 5.56 Å². The highest BCUT2D eigenvalue weighted by molar-refractivity contribution is 5.93. The Morgan fingerprint density at radius 2 is 2.19 bits per heavy atom. The zero-order valence-electron chi connectivity index (χ0n) is 8.62. The average molecular weight is 215 g/mol. The van der Waals surface area contributed by atoms with Gasteiger partial charge in [0.1, 0.15) is 18.0 Å². The van der Waals surface area contributed by atoms with Crippen molar-refractivity contribution < 1.29 is 9.53 Å². The molecule has 5 nitrogen and oxygen atoms in total. The van der Waals surface area contributed by atoms with Gasteiger partial charge in [-0.25, -0.2) is 14.8 Å². The minimum Gasteiger partial charge on any atom is -0.465 e. The Morgan fingerprint density at radius 1 is 1.50 bits per heavy atom. The Hall–Kier alpha value is -2.48. The van der Waals surface area contributed by atoms with Crippen LogP contribution < -0.4 is 0 Å². The third-order valence-electron chi connectivity index (χ3n) is 1.66. The molecule has 1 aromatic rings. The second-order valence-corrected chi connectivity index (χ2v) is 2.71. The van der Waals surface area contributed by atoms with Gasteiger partial charge in [0.2, 0.25) is 0 Å². The van der Waals surface area contributed by atoms with Gasteiger partial charge in [0.25, 0.3) is 0 Å². The predicted molar refractivity (Wildman–Crippen MR) is 56.8 cm³/mol. The van der Waals surface area contributed by atoms with E-state index in [1.54, 1.807) is 30.6 Å². The second kappa shape index (κ2) is 6.09. The number of aromatic nitrogens is 2. The Labute approximate surface area is 92.7 Å². The molecule has 0 saturated carbocycles. The smallest absolute Gasteiger partial charge is 0.348 e. The zero-order valence-corrected chi connectivity index (χ0v) is 8.62. The summed E-state index contributed by atoms with van der Waals surface area (Å²) in [6.45, 7) is 0. The van der Waals surface area contributed by atoms with Crippen LogP contribution in [0.1, 0.15) is 5.56 Å². The maximum Gasteiger partial charge on any atom is 0.348 e. The summed E-state index contributed by atoms with van der Waals surface area (Å²) in [5, 5.41) is 8.65. The summed E-state index contributed by atoms with van der Waals surface area (Å²) < 4.78 is 4.42. The fraction of sp³-hybridized carbons (Fsp3) is 0.0909. The largest absolute Gasteiger partial charge is 0.465 e. The number of methoxy groups -OCH3 is 1. The number of carbonyl (C=O) groups is 1. The number of nitriles is 1. The molecule has 0 atom stereocenters. The SMILES string of the molecule is COC(=O)C(C#N)=CC=Cc1cncnc1. The molecule has 0 N–H and O–H groups in total. The molecule has 0 amide bonds. The van der Waals surface area contributed by atoms with Crippen LogP contribution in [0, 0.1) is 11.3 Å². The van der Waals surface area contributed by atoms with E-state index in [2.05, 4.69) is 14.7 Å². The lowest BCUT2D eigenvalue weighted by Crippen LogP contribution is -2.02. The second-order valence-electron chi connectivity index (χ2n) is 2.71. The number of ether oxygens (including phenoxy) is 1. The lowest BCUT2D eigenvalue weighted by atomic mass is 10.2. The van der Waals surface area contributed by atoms with Crippen molar-refractivity contribution in [3.05, 3.63) is 42.0 Å². The first-order valence-electron chi connectivity index (χ1n) is 4.39. The lowest BCUT2D eigenvalue weighted by Gasteiger charge is -1.93. The van der Waals surface area contributed by atoms with Gasteiger partial charge >= 0.3 is 5.97 Å². The van der Waals surface area contributed by atoms with Crippen LogP contribution in [0.4, 0.5) is 0 Å². The highest BCUT2D eigenvalue weighted by Gasteiger charge is 2.05. The predicted octanol–water partition coefficient (Wildman–Crippen LogP) is 1.11. The number of rotatable bonds is 3. The summed E-state index contributed by atoms with van der Waals surface area (Å²) in [6.07, 6.45) is 9.26. The van der Waals surface area contributed by atoms with Crippen molar-refractivity contribution in [2.45, 2.75) is 0 Å². The van der Waals surface area contributed by atoms with E-state index in [-0.39, 0.29) is 5.57 Å². The van der Waals surface area contributed by atoms with Crippen molar-refractivity contribution in [2.24, 2.45) is 0 Å². The van der Waals surface area contributed by atoms with Crippen LogP contribution in [0.2, 0.25) is 0 Å². The third-order valence-corrected chi connectivity index (χ3v) is 1.66. The third kappa shape index (κ3) is 3.35. The summed E-state index contributed by atoms with van der Waals surface area (Å²) in [5.74, 6) is -0.656. The highest BCUT2D eigenvalue weighted by Crippen LogP contribution is 2.00. The molecule has 0 spiro atoms. The van der Waals surface area contributed by atoms with E-state index in [9.17, 15) is 4.79 Å². The monoisotopic (exact) mass is 215 g/mol. The molecule has 0 unspecified atom stereocenters. The molecule has 0 radical (unpaired) electrons. The van der Waals surface area contributed by atoms with Crippen molar-refractivity contribution >= 4 is 12.0 Å². The molecule has 0 aromatic carbocycles. The van der Waals surface area contributed by atoms with Crippen molar-refractivity contribution in [2.75, 3.05) is 7.11 Å². The molecule has 16 heavy (non-hydrogen) atoms. The topological polar surface area (TPSA) is 75.9 Å². The van der Waals surface area contributed by atoms with Crippen LogP contribution >= 0.6 is 0 Å². The van der Waals surface area contributed by atoms with Gasteiger partial charge in [-0.3, -0.25) is 0 Å². The van der Waals surface area contributed by atoms with Crippen LogP contribution in [-0.4, -0.2) is 23.0 Å². The number of allylic oxidation sites excluding steroid dienone is 2. The average Bonchev–Trinajstić information content (AvgIpc) is 2.35. The molecule has 1 heterocycles. The molecule has 0 aliphatic carbocycles. The van der Waals surface area contributed by atoms with Gasteiger partial charge in [0.05, 0.1) is 7.11 Å². The van der Waals surface area contributed by atoms with Crippen molar-refractivity contribution in [1.82, 2.24) is 9.97 Å². The summed E-state index contributed by atoms with van der Waals surface area (Å²) in [4.78, 5) is 18.6. The Morgan fingerprint density at radius 3 is 2.75 bits per heavy atom. The first-order chi connectivity index (χ1) is 7.77. The zero-order chi connectivity index (χ0) is 11.8. The lowest BCUT2D eigenvalue weighted by molar-refractivity contribution is -0.135. The molecule has 5 heteroatoms. The number of hydrogen-bond donors (Lipinski definition) is 0. The maximum absolute atomic E-state index is 11.0. The van der Waals surface area contributed by atoms with E-state index in [0.29, 0.717) is 0 Å². The summed E-state index contributed by atoms with van der Waals surface area (Å²) in [5.41, 5.74) is 0.719. The van der Waals surface area contributed by atoms with Gasteiger partial charge in [-0.15, -0.1) is 0 Å². The Balaban J connectivity index is 2.76. The first kappa shape index (κ1) is 11.6. The summed E-state index contributed by atoms with van der Waals surface area (Å²) in [7, 11) is 1.22. The van der Waals surface area contributed by atoms with E-state index in [1.165, 1.54) is 19.5 Å². The van der Waals surface area contributed by atoms with Crippen molar-refractivity contribution in [3.8, 4) is 6.07 Å². The molecule has 0 aliphatic heterocycles. The molecule has 0 saturated heterocycles. The van der Waals surface area contributed by atoms with E-state index in [4.69, 9.17) is 5.26 Å². The fourth-order valence-electron chi connectivity index (χ4n) is 0.913. The minimum absolute atomic E-state index is 0.0596. The Bertz CT molecular complexity index is 458. The van der Waals surface area contributed by atoms with E-state index >= 15 is 0 Å². The standard InChI is InChI=1S/C11H9N3O2/c1-16-11(15)10(5-12)4-2-3-9-6-13-8-14-7-9/h2-4,6-8H,1H3. The van der Waals surface area contributed by atoms with Crippen LogP contribution in [0.25, 0.3) is 6.08 Å². The fourth-order valence-corrected chi connectivity index (χ4v) is 0.913. The molecule has 1 rings (SSSR count). The molecule has 0 bridgehead atoms. The van der Waals surface area contributed by atoms with Gasteiger partial charge in [0.15, 0.2) is 0 Å². The van der Waals surface area contributed by atoms with E-state index < -0.39 is 5.97 Å². The number of hydrogen-bond acceptors (Lipinski definition) is 5. The van der Waals surface area contributed by atoms with Gasteiger partial charge in [-0.05, 0) is 6.08 Å². The van der Waals surface area contributed by atoms with Gasteiger partial charge in [-0.1, -0.05) is 12.2 Å². The molecule has 0 aliphatic rings. The van der Waals surface area contributed by atoms with Gasteiger partial charge < -0.3 is 4.74 Å². The molecular formula is C11H9N3O2. The number of nitrogens with zero attached hydrogens (tertiary/aromatic N) is 3. The maximum atomic E-state index is 11.0. The van der Waals surface area contributed by atoms with Crippen LogP contribution in [0.3, 0.4) is 0 Å². The number of carbonyl (C=O) groups excluding carboxylic acids is 1. The molecule has 0 fully saturated rings.